The summed E-state index contributed by atoms with van der Waals surface area (Å²) in [6.07, 6.45) is 5.64. The van der Waals surface area contributed by atoms with Crippen LogP contribution < -0.4 is 5.32 Å². The van der Waals surface area contributed by atoms with Crippen LogP contribution >= 0.6 is 23.2 Å². The number of aromatic nitrogens is 2. The molecule has 0 radical (unpaired) electrons. The van der Waals surface area contributed by atoms with Crippen molar-refractivity contribution in [3.05, 3.63) is 64.4 Å². The summed E-state index contributed by atoms with van der Waals surface area (Å²) in [7, 11) is 1.88. The van der Waals surface area contributed by atoms with Crippen molar-refractivity contribution in [1.29, 1.82) is 0 Å². The molecule has 1 saturated carbocycles. The van der Waals surface area contributed by atoms with Crippen molar-refractivity contribution < 1.29 is 4.79 Å². The van der Waals surface area contributed by atoms with Gasteiger partial charge in [-0.05, 0) is 37.1 Å². The molecule has 0 spiro atoms. The van der Waals surface area contributed by atoms with Crippen LogP contribution in [0.15, 0.2) is 48.5 Å². The van der Waals surface area contributed by atoms with E-state index >= 15 is 0 Å². The molecule has 2 aromatic carbocycles. The summed E-state index contributed by atoms with van der Waals surface area (Å²) in [5.74, 6) is 0.278. The average molecular weight is 428 g/mol. The summed E-state index contributed by atoms with van der Waals surface area (Å²) >= 11 is 12.1. The van der Waals surface area contributed by atoms with E-state index in [1.807, 2.05) is 60.1 Å². The van der Waals surface area contributed by atoms with E-state index in [1.54, 1.807) is 0 Å². The molecule has 150 valence electrons. The summed E-state index contributed by atoms with van der Waals surface area (Å²) in [5, 5.41) is 4.50. The van der Waals surface area contributed by atoms with Gasteiger partial charge in [-0.25, -0.2) is 4.98 Å². The van der Waals surface area contributed by atoms with Crippen LogP contribution in [0.25, 0.3) is 22.5 Å². The van der Waals surface area contributed by atoms with Gasteiger partial charge >= 0.3 is 0 Å². The van der Waals surface area contributed by atoms with Crippen LogP contribution in [0.5, 0.6) is 0 Å². The molecule has 1 aromatic heterocycles. The monoisotopic (exact) mass is 427 g/mol. The Balaban J connectivity index is 1.76. The minimum atomic E-state index is -0.130. The highest BCUT2D eigenvalue weighted by molar-refractivity contribution is 6.31. The first-order valence-corrected chi connectivity index (χ1v) is 10.7. The van der Waals surface area contributed by atoms with Gasteiger partial charge in [0.15, 0.2) is 5.82 Å². The second kappa shape index (κ2) is 8.60. The molecule has 3 aromatic rings. The fourth-order valence-electron chi connectivity index (χ4n) is 3.95. The van der Waals surface area contributed by atoms with E-state index in [0.29, 0.717) is 15.9 Å². The van der Waals surface area contributed by atoms with Gasteiger partial charge in [-0.15, -0.1) is 0 Å². The number of halogens is 2. The van der Waals surface area contributed by atoms with Crippen molar-refractivity contribution in [2.24, 2.45) is 7.05 Å². The minimum Gasteiger partial charge on any atom is -0.347 e. The lowest BCUT2D eigenvalue weighted by molar-refractivity contribution is 0.0914. The van der Waals surface area contributed by atoms with Crippen LogP contribution in [-0.2, 0) is 7.05 Å². The maximum absolute atomic E-state index is 13.0. The maximum atomic E-state index is 13.0. The Labute approximate surface area is 180 Å². The predicted octanol–water partition coefficient (Wildman–Crippen LogP) is 6.12. The molecule has 1 aliphatic rings. The van der Waals surface area contributed by atoms with Crippen molar-refractivity contribution in [2.75, 3.05) is 0 Å². The highest BCUT2D eigenvalue weighted by Gasteiger charge is 2.24. The fourth-order valence-corrected chi connectivity index (χ4v) is 4.20. The Morgan fingerprint density at radius 1 is 0.931 bits per heavy atom. The van der Waals surface area contributed by atoms with E-state index in [9.17, 15) is 4.79 Å². The Hall–Kier alpha value is -2.30. The molecule has 0 atom stereocenters. The molecule has 1 amide bonds. The lowest BCUT2D eigenvalue weighted by Crippen LogP contribution is -2.37. The first-order valence-electron chi connectivity index (χ1n) is 9.92. The largest absolute Gasteiger partial charge is 0.347 e. The summed E-state index contributed by atoms with van der Waals surface area (Å²) in [6, 6.07) is 15.3. The van der Waals surface area contributed by atoms with Crippen molar-refractivity contribution in [1.82, 2.24) is 14.9 Å². The lowest BCUT2D eigenvalue weighted by Gasteiger charge is -2.22. The molecule has 29 heavy (non-hydrogen) atoms. The zero-order valence-electron chi connectivity index (χ0n) is 16.3. The molecule has 4 rings (SSSR count). The number of imidazole rings is 1. The Morgan fingerprint density at radius 3 is 2.07 bits per heavy atom. The summed E-state index contributed by atoms with van der Waals surface area (Å²) in [4.78, 5) is 17.8. The van der Waals surface area contributed by atoms with Gasteiger partial charge in [0.25, 0.3) is 5.91 Å². The minimum absolute atomic E-state index is 0.130. The fraction of sp³-hybridized carbons (Fsp3) is 0.304. The first kappa shape index (κ1) is 20.0. The van der Waals surface area contributed by atoms with Gasteiger partial charge in [0.2, 0.25) is 0 Å². The summed E-state index contributed by atoms with van der Waals surface area (Å²) in [5.41, 5.74) is 3.48. The van der Waals surface area contributed by atoms with Gasteiger partial charge in [-0.2, -0.15) is 0 Å². The van der Waals surface area contributed by atoms with E-state index in [1.165, 1.54) is 6.42 Å². The van der Waals surface area contributed by atoms with Crippen LogP contribution in [-0.4, -0.2) is 21.5 Å². The van der Waals surface area contributed by atoms with Gasteiger partial charge in [-0.3, -0.25) is 4.79 Å². The molecule has 1 heterocycles. The van der Waals surface area contributed by atoms with E-state index in [4.69, 9.17) is 28.2 Å². The molecule has 1 N–H and O–H groups in total. The third-order valence-electron chi connectivity index (χ3n) is 5.47. The second-order valence-electron chi connectivity index (χ2n) is 7.51. The normalized spacial score (nSPS) is 14.7. The standard InChI is InChI=1S/C23H23Cl2N3O/c1-28-21(16-9-13-18(25)14-10-16)20(15-7-11-17(24)12-8-15)27-22(28)23(29)26-19-5-3-2-4-6-19/h7-14,19H,2-6H2,1H3,(H,26,29). The number of hydrogen-bond acceptors (Lipinski definition) is 2. The number of nitrogens with one attached hydrogen (secondary N) is 1. The third kappa shape index (κ3) is 4.34. The molecule has 4 nitrogen and oxygen atoms in total. The van der Waals surface area contributed by atoms with Gasteiger partial charge in [0.1, 0.15) is 0 Å². The molecule has 0 bridgehead atoms. The number of carbonyl (C=O) groups excluding carboxylic acids is 1. The third-order valence-corrected chi connectivity index (χ3v) is 5.98. The van der Waals surface area contributed by atoms with E-state index < -0.39 is 0 Å². The number of benzene rings is 2. The highest BCUT2D eigenvalue weighted by atomic mass is 35.5. The molecular formula is C23H23Cl2N3O. The zero-order valence-corrected chi connectivity index (χ0v) is 17.8. The quantitative estimate of drug-likeness (QED) is 0.544. The SMILES string of the molecule is Cn1c(C(=O)NC2CCCCC2)nc(-c2ccc(Cl)cc2)c1-c1ccc(Cl)cc1. The molecule has 1 fully saturated rings. The van der Waals surface area contributed by atoms with Crippen molar-refractivity contribution in [3.8, 4) is 22.5 Å². The number of amides is 1. The smallest absolute Gasteiger partial charge is 0.287 e. The molecule has 0 unspecified atom stereocenters. The van der Waals surface area contributed by atoms with Crippen LogP contribution in [0, 0.1) is 0 Å². The molecule has 6 heteroatoms. The van der Waals surface area contributed by atoms with Crippen LogP contribution in [0.2, 0.25) is 10.0 Å². The first-order chi connectivity index (χ1) is 14.0. The van der Waals surface area contributed by atoms with Crippen LogP contribution in [0.4, 0.5) is 0 Å². The van der Waals surface area contributed by atoms with Crippen LogP contribution in [0.3, 0.4) is 0 Å². The van der Waals surface area contributed by atoms with Crippen molar-refractivity contribution >= 4 is 29.1 Å². The van der Waals surface area contributed by atoms with Gasteiger partial charge in [0, 0.05) is 34.3 Å². The molecular weight excluding hydrogens is 405 g/mol. The zero-order chi connectivity index (χ0) is 20.4. The second-order valence-corrected chi connectivity index (χ2v) is 8.39. The molecule has 0 aliphatic heterocycles. The number of carbonyl (C=O) groups is 1. The average Bonchev–Trinajstić information content (AvgIpc) is 3.07. The highest BCUT2D eigenvalue weighted by Crippen LogP contribution is 2.33. The van der Waals surface area contributed by atoms with E-state index in [-0.39, 0.29) is 11.9 Å². The van der Waals surface area contributed by atoms with Crippen molar-refractivity contribution in [3.63, 3.8) is 0 Å². The Bertz CT molecular complexity index is 1000. The summed E-state index contributed by atoms with van der Waals surface area (Å²) < 4.78 is 1.87. The topological polar surface area (TPSA) is 46.9 Å². The lowest BCUT2D eigenvalue weighted by atomic mass is 9.95. The predicted molar refractivity (Wildman–Crippen MR) is 118 cm³/mol. The Morgan fingerprint density at radius 2 is 1.48 bits per heavy atom. The van der Waals surface area contributed by atoms with Gasteiger partial charge in [0.05, 0.1) is 11.4 Å². The van der Waals surface area contributed by atoms with E-state index in [2.05, 4.69) is 5.32 Å². The van der Waals surface area contributed by atoms with Gasteiger partial charge in [-0.1, -0.05) is 66.7 Å². The number of hydrogen-bond donors (Lipinski definition) is 1. The van der Waals surface area contributed by atoms with Crippen LogP contribution in [0.1, 0.15) is 42.7 Å². The molecule has 0 saturated heterocycles. The molecule has 1 aliphatic carbocycles. The number of rotatable bonds is 4. The number of nitrogens with zero attached hydrogens (tertiary/aromatic N) is 2. The van der Waals surface area contributed by atoms with Crippen molar-refractivity contribution in [2.45, 2.75) is 38.1 Å². The maximum Gasteiger partial charge on any atom is 0.287 e. The van der Waals surface area contributed by atoms with Gasteiger partial charge < -0.3 is 9.88 Å². The summed E-state index contributed by atoms with van der Waals surface area (Å²) in [6.45, 7) is 0. The van der Waals surface area contributed by atoms with E-state index in [0.717, 1.165) is 48.2 Å². The Kier molecular flexibility index (Phi) is 5.93.